The number of H-pyrrole nitrogens is 1. The number of aromatic amines is 1. The summed E-state index contributed by atoms with van der Waals surface area (Å²) in [6.45, 7) is 0. The van der Waals surface area contributed by atoms with Crippen molar-refractivity contribution in [2.75, 3.05) is 0 Å². The Morgan fingerprint density at radius 3 is 2.33 bits per heavy atom. The Labute approximate surface area is 125 Å². The Kier molecular flexibility index (Phi) is 3.58. The average molecular weight is 300 g/mol. The molecule has 5 heteroatoms. The highest BCUT2D eigenvalue weighted by atomic mass is 32.1. The first-order chi connectivity index (χ1) is 10.1. The Morgan fingerprint density at radius 2 is 1.62 bits per heavy atom. The molecule has 0 aliphatic heterocycles. The Balaban J connectivity index is 2.14. The van der Waals surface area contributed by atoms with Crippen molar-refractivity contribution in [3.63, 3.8) is 0 Å². The topological polar surface area (TPSA) is 28.7 Å². The molecule has 0 spiro atoms. The van der Waals surface area contributed by atoms with E-state index in [2.05, 4.69) is 9.97 Å². The van der Waals surface area contributed by atoms with E-state index in [0.717, 1.165) is 17.7 Å². The van der Waals surface area contributed by atoms with Gasteiger partial charge in [0.05, 0.1) is 5.69 Å². The lowest BCUT2D eigenvalue weighted by Crippen LogP contribution is -1.94. The lowest BCUT2D eigenvalue weighted by atomic mass is 10.1. The fourth-order valence-corrected chi connectivity index (χ4v) is 2.22. The molecule has 0 unspecified atom stereocenters. The molecule has 0 amide bonds. The summed E-state index contributed by atoms with van der Waals surface area (Å²) in [5.41, 5.74) is 1.97. The molecule has 21 heavy (non-hydrogen) atoms. The number of hydrogen-bond donors (Lipinski definition) is 1. The second kappa shape index (κ2) is 5.54. The number of nitrogens with zero attached hydrogens (tertiary/aromatic N) is 1. The highest BCUT2D eigenvalue weighted by Gasteiger charge is 2.07. The van der Waals surface area contributed by atoms with E-state index in [-0.39, 0.29) is 0 Å². The van der Waals surface area contributed by atoms with Crippen LogP contribution in [0.15, 0.2) is 54.6 Å². The summed E-state index contributed by atoms with van der Waals surface area (Å²) in [4.78, 5) is 7.36. The molecule has 2 aromatic carbocycles. The molecular weight excluding hydrogens is 290 g/mol. The summed E-state index contributed by atoms with van der Waals surface area (Å²) in [5.74, 6) is -1.19. The zero-order valence-corrected chi connectivity index (χ0v) is 11.6. The molecule has 2 nitrogen and oxygen atoms in total. The van der Waals surface area contributed by atoms with Gasteiger partial charge in [0.25, 0.3) is 0 Å². The molecule has 0 saturated carbocycles. The van der Waals surface area contributed by atoms with Gasteiger partial charge in [-0.25, -0.2) is 13.8 Å². The molecule has 0 atom stereocenters. The molecule has 3 rings (SSSR count). The van der Waals surface area contributed by atoms with Crippen LogP contribution >= 0.6 is 12.2 Å². The van der Waals surface area contributed by atoms with Gasteiger partial charge < -0.3 is 4.98 Å². The maximum atomic E-state index is 13.4. The lowest BCUT2D eigenvalue weighted by Gasteiger charge is -2.07. The fourth-order valence-electron chi connectivity index (χ4n) is 2.01. The van der Waals surface area contributed by atoms with Crippen molar-refractivity contribution in [1.82, 2.24) is 9.97 Å². The van der Waals surface area contributed by atoms with Crippen LogP contribution in [0.4, 0.5) is 8.78 Å². The summed E-state index contributed by atoms with van der Waals surface area (Å²) in [7, 11) is 0. The zero-order valence-electron chi connectivity index (χ0n) is 10.8. The second-order valence-electron chi connectivity index (χ2n) is 4.48. The minimum atomic E-state index is -0.898. The number of rotatable bonds is 2. The first kappa shape index (κ1) is 13.6. The SMILES string of the molecule is Fc1ccc(-c2cc(=S)nc(-c3ccccc3)[nH]2)cc1F. The quantitative estimate of drug-likeness (QED) is 0.692. The molecule has 0 radical (unpaired) electrons. The second-order valence-corrected chi connectivity index (χ2v) is 4.89. The third-order valence-corrected chi connectivity index (χ3v) is 3.23. The zero-order chi connectivity index (χ0) is 14.8. The van der Waals surface area contributed by atoms with Crippen LogP contribution < -0.4 is 0 Å². The molecule has 0 fully saturated rings. The largest absolute Gasteiger partial charge is 0.339 e. The third kappa shape index (κ3) is 2.87. The van der Waals surface area contributed by atoms with E-state index in [0.29, 0.717) is 21.7 Å². The van der Waals surface area contributed by atoms with Gasteiger partial charge in [0.2, 0.25) is 0 Å². The van der Waals surface area contributed by atoms with Crippen molar-refractivity contribution in [3.8, 4) is 22.6 Å². The maximum absolute atomic E-state index is 13.4. The van der Waals surface area contributed by atoms with Crippen LogP contribution in [0.5, 0.6) is 0 Å². The molecule has 0 saturated heterocycles. The van der Waals surface area contributed by atoms with Crippen LogP contribution in [0.2, 0.25) is 0 Å². The Morgan fingerprint density at radius 1 is 0.857 bits per heavy atom. The predicted molar refractivity (Wildman–Crippen MR) is 80.2 cm³/mol. The summed E-state index contributed by atoms with van der Waals surface area (Å²) in [5, 5.41) is 0. The normalized spacial score (nSPS) is 10.6. The van der Waals surface area contributed by atoms with Crippen LogP contribution in [0, 0.1) is 16.3 Å². The number of halogens is 2. The Bertz CT molecular complexity index is 844. The minimum absolute atomic E-state index is 0.382. The summed E-state index contributed by atoms with van der Waals surface area (Å²) < 4.78 is 26.8. The Hall–Kier alpha value is -2.40. The average Bonchev–Trinajstić information content (AvgIpc) is 2.50. The van der Waals surface area contributed by atoms with Crippen LogP contribution in [-0.4, -0.2) is 9.97 Å². The molecule has 0 aliphatic rings. The van der Waals surface area contributed by atoms with E-state index in [1.165, 1.54) is 6.07 Å². The molecule has 1 N–H and O–H groups in total. The van der Waals surface area contributed by atoms with Crippen molar-refractivity contribution >= 4 is 12.2 Å². The molecule has 0 aliphatic carbocycles. The number of aromatic nitrogens is 2. The van der Waals surface area contributed by atoms with E-state index >= 15 is 0 Å². The van der Waals surface area contributed by atoms with Crippen LogP contribution in [0.25, 0.3) is 22.6 Å². The van der Waals surface area contributed by atoms with Gasteiger partial charge in [-0.1, -0.05) is 42.5 Å². The summed E-state index contributed by atoms with van der Waals surface area (Å²) >= 11 is 5.15. The molecule has 3 aromatic rings. The molecule has 104 valence electrons. The van der Waals surface area contributed by atoms with E-state index in [1.54, 1.807) is 6.07 Å². The number of hydrogen-bond acceptors (Lipinski definition) is 2. The van der Waals surface area contributed by atoms with E-state index in [9.17, 15) is 8.78 Å². The first-order valence-electron chi connectivity index (χ1n) is 6.26. The van der Waals surface area contributed by atoms with Crippen molar-refractivity contribution in [2.45, 2.75) is 0 Å². The van der Waals surface area contributed by atoms with Gasteiger partial charge in [-0.05, 0) is 24.3 Å². The lowest BCUT2D eigenvalue weighted by molar-refractivity contribution is 0.509. The predicted octanol–water partition coefficient (Wildman–Crippen LogP) is 4.75. The molecule has 1 heterocycles. The minimum Gasteiger partial charge on any atom is -0.339 e. The third-order valence-electron chi connectivity index (χ3n) is 3.02. The van der Waals surface area contributed by atoms with Crippen LogP contribution in [-0.2, 0) is 0 Å². The van der Waals surface area contributed by atoms with Gasteiger partial charge in [0, 0.05) is 11.1 Å². The summed E-state index contributed by atoms with van der Waals surface area (Å²) in [6.07, 6.45) is 0. The van der Waals surface area contributed by atoms with Gasteiger partial charge in [-0.2, -0.15) is 0 Å². The highest BCUT2D eigenvalue weighted by Crippen LogP contribution is 2.22. The van der Waals surface area contributed by atoms with Gasteiger partial charge in [0.15, 0.2) is 11.6 Å². The smallest absolute Gasteiger partial charge is 0.159 e. The maximum Gasteiger partial charge on any atom is 0.159 e. The van der Waals surface area contributed by atoms with Crippen molar-refractivity contribution < 1.29 is 8.78 Å². The van der Waals surface area contributed by atoms with Gasteiger partial charge >= 0.3 is 0 Å². The first-order valence-corrected chi connectivity index (χ1v) is 6.66. The number of benzene rings is 2. The van der Waals surface area contributed by atoms with Crippen molar-refractivity contribution in [2.24, 2.45) is 0 Å². The monoisotopic (exact) mass is 300 g/mol. The fraction of sp³-hybridized carbons (Fsp3) is 0. The highest BCUT2D eigenvalue weighted by molar-refractivity contribution is 7.71. The van der Waals surface area contributed by atoms with Crippen molar-refractivity contribution in [3.05, 3.63) is 70.9 Å². The van der Waals surface area contributed by atoms with E-state index in [4.69, 9.17) is 12.2 Å². The van der Waals surface area contributed by atoms with E-state index < -0.39 is 11.6 Å². The molecular formula is C16H10F2N2S. The van der Waals surface area contributed by atoms with Gasteiger partial charge in [-0.15, -0.1) is 0 Å². The summed E-state index contributed by atoms with van der Waals surface area (Å²) in [6, 6.07) is 14.8. The van der Waals surface area contributed by atoms with Crippen molar-refractivity contribution in [1.29, 1.82) is 0 Å². The number of nitrogens with one attached hydrogen (secondary N) is 1. The molecule has 1 aromatic heterocycles. The standard InChI is InChI=1S/C16H10F2N2S/c17-12-7-6-11(8-13(12)18)14-9-15(21)20-16(19-14)10-4-2-1-3-5-10/h1-9H,(H,19,20,21). The van der Waals surface area contributed by atoms with Crippen LogP contribution in [0.1, 0.15) is 0 Å². The molecule has 0 bridgehead atoms. The van der Waals surface area contributed by atoms with E-state index in [1.807, 2.05) is 30.3 Å². The van der Waals surface area contributed by atoms with Gasteiger partial charge in [0.1, 0.15) is 10.5 Å². The van der Waals surface area contributed by atoms with Gasteiger partial charge in [-0.3, -0.25) is 0 Å². The van der Waals surface area contributed by atoms with Crippen LogP contribution in [0.3, 0.4) is 0 Å².